The zero-order chi connectivity index (χ0) is 26.3. The minimum atomic E-state index is -4.76. The van der Waals surface area contributed by atoms with Crippen molar-refractivity contribution >= 4 is 49.6 Å². The fraction of sp³-hybridized carbons (Fsp3) is 0.318. The molecule has 0 saturated heterocycles. The van der Waals surface area contributed by atoms with Crippen LogP contribution in [-0.2, 0) is 11.8 Å². The van der Waals surface area contributed by atoms with Gasteiger partial charge in [-0.15, -0.1) is 19.7 Å². The summed E-state index contributed by atoms with van der Waals surface area (Å²) in [5.74, 6) is -0.951. The number of hydrogen-bond acceptors (Lipinski definition) is 8. The van der Waals surface area contributed by atoms with Gasteiger partial charge in [-0.2, -0.15) is 0 Å². The Morgan fingerprint density at radius 1 is 1.17 bits per heavy atom. The van der Waals surface area contributed by atoms with E-state index in [4.69, 9.17) is 15.6 Å². The SMILES string of the molecule is CNCCOCC[NH-].Cn1c(Nc2nc3ccc(OC(F)(F)F)cc3s2)nc2cc(C(=O)O)ccc21. The first kappa shape index (κ1) is 27.1. The molecule has 0 saturated carbocycles. The third-order valence-corrected chi connectivity index (χ3v) is 5.62. The fourth-order valence-corrected chi connectivity index (χ4v) is 3.93. The van der Waals surface area contributed by atoms with E-state index in [9.17, 15) is 18.0 Å². The van der Waals surface area contributed by atoms with E-state index in [2.05, 4.69) is 25.3 Å². The average Bonchev–Trinajstić information content (AvgIpc) is 3.35. The van der Waals surface area contributed by atoms with Gasteiger partial charge in [0.25, 0.3) is 0 Å². The predicted octanol–water partition coefficient (Wildman–Crippen LogP) is 4.80. The van der Waals surface area contributed by atoms with Crippen molar-refractivity contribution in [2.24, 2.45) is 7.05 Å². The van der Waals surface area contributed by atoms with Gasteiger partial charge in [-0.3, -0.25) is 0 Å². The zero-order valence-corrected chi connectivity index (χ0v) is 20.2. The molecule has 0 aliphatic heterocycles. The molecule has 10 nitrogen and oxygen atoms in total. The van der Waals surface area contributed by atoms with Crippen molar-refractivity contribution in [3.05, 3.63) is 47.7 Å². The predicted molar refractivity (Wildman–Crippen MR) is 131 cm³/mol. The van der Waals surface area contributed by atoms with Crippen molar-refractivity contribution in [2.75, 3.05) is 38.7 Å². The number of benzene rings is 2. The molecular weight excluding hydrogens is 501 g/mol. The lowest BCUT2D eigenvalue weighted by Crippen LogP contribution is -2.16. The molecule has 0 bridgehead atoms. The first-order valence-corrected chi connectivity index (χ1v) is 11.4. The zero-order valence-electron chi connectivity index (χ0n) is 19.3. The number of aromatic carboxylic acids is 1. The highest BCUT2D eigenvalue weighted by molar-refractivity contribution is 7.22. The third kappa shape index (κ3) is 7.27. The van der Waals surface area contributed by atoms with Gasteiger partial charge in [-0.05, 0) is 37.4 Å². The molecule has 0 fully saturated rings. The number of halogens is 3. The molecule has 2 heterocycles. The highest BCUT2D eigenvalue weighted by Crippen LogP contribution is 2.33. The van der Waals surface area contributed by atoms with Crippen molar-refractivity contribution < 1.29 is 32.5 Å². The highest BCUT2D eigenvalue weighted by Gasteiger charge is 2.31. The number of aromatic nitrogens is 3. The third-order valence-electron chi connectivity index (χ3n) is 4.68. The van der Waals surface area contributed by atoms with Crippen LogP contribution in [-0.4, -0.2) is 65.3 Å². The van der Waals surface area contributed by atoms with Gasteiger partial charge < -0.3 is 35.5 Å². The second kappa shape index (κ2) is 12.0. The second-order valence-corrected chi connectivity index (χ2v) is 8.32. The monoisotopic (exact) mass is 525 g/mol. The summed E-state index contributed by atoms with van der Waals surface area (Å²) in [6, 6.07) is 8.49. The van der Waals surface area contributed by atoms with E-state index in [1.165, 1.54) is 30.3 Å². The van der Waals surface area contributed by atoms with Crippen molar-refractivity contribution in [3.8, 4) is 5.75 Å². The molecule has 4 aromatic rings. The van der Waals surface area contributed by atoms with E-state index < -0.39 is 12.3 Å². The number of imidazole rings is 1. The van der Waals surface area contributed by atoms with Crippen LogP contribution < -0.4 is 15.4 Å². The quantitative estimate of drug-likeness (QED) is 0.265. The number of carboxylic acid groups (broad SMARTS) is 1. The summed E-state index contributed by atoms with van der Waals surface area (Å²) in [5, 5.41) is 15.5. The summed E-state index contributed by atoms with van der Waals surface area (Å²) in [5.41, 5.74) is 8.53. The van der Waals surface area contributed by atoms with Crippen LogP contribution in [0.2, 0.25) is 0 Å². The maximum atomic E-state index is 12.4. The lowest BCUT2D eigenvalue weighted by atomic mass is 10.2. The lowest BCUT2D eigenvalue weighted by molar-refractivity contribution is -0.274. The van der Waals surface area contributed by atoms with Crippen LogP contribution in [0, 0.1) is 0 Å². The topological polar surface area (TPSA) is 134 Å². The number of alkyl halides is 3. The number of carbonyl (C=O) groups is 1. The first-order valence-electron chi connectivity index (χ1n) is 10.6. The molecular formula is C22H24F3N6O4S-. The molecule has 0 unspecified atom stereocenters. The van der Waals surface area contributed by atoms with Gasteiger partial charge >= 0.3 is 12.3 Å². The number of rotatable bonds is 9. The Balaban J connectivity index is 0.000000392. The summed E-state index contributed by atoms with van der Waals surface area (Å²) >= 11 is 1.14. The smallest absolute Gasteiger partial charge is 0.573 e. The van der Waals surface area contributed by atoms with Crippen LogP contribution in [0.15, 0.2) is 36.4 Å². The largest absolute Gasteiger partial charge is 0.676 e. The standard InChI is InChI=1S/C17H11F3N4O3S.C5H13N2O/c1-24-12-5-2-8(14(25)26)6-11(12)21-15(24)23-16-22-10-4-3-9(7-13(10)28-16)27-17(18,19)20;1-7-3-5-8-4-2-6/h2-7H,1H3,(H,25,26)(H,21,22,23);6-7H,2-5H2,1H3/q;-1. The molecule has 14 heteroatoms. The molecule has 0 aliphatic rings. The number of anilines is 2. The molecule has 2 aromatic carbocycles. The first-order chi connectivity index (χ1) is 17.1. The maximum Gasteiger partial charge on any atom is 0.573 e. The number of nitrogens with one attached hydrogen (secondary N) is 3. The summed E-state index contributed by atoms with van der Waals surface area (Å²) in [6.45, 7) is 2.51. The van der Waals surface area contributed by atoms with Gasteiger partial charge in [0.15, 0.2) is 5.13 Å². The summed E-state index contributed by atoms with van der Waals surface area (Å²) in [4.78, 5) is 19.8. The van der Waals surface area contributed by atoms with E-state index in [0.717, 1.165) is 30.0 Å². The van der Waals surface area contributed by atoms with E-state index in [1.54, 1.807) is 17.7 Å². The molecule has 194 valence electrons. The van der Waals surface area contributed by atoms with Gasteiger partial charge in [0.1, 0.15) is 5.75 Å². The Morgan fingerprint density at radius 3 is 2.61 bits per heavy atom. The van der Waals surface area contributed by atoms with Gasteiger partial charge in [0.2, 0.25) is 5.95 Å². The maximum absolute atomic E-state index is 12.4. The Labute approximate surface area is 207 Å². The number of fused-ring (bicyclic) bond motifs is 2. The molecule has 0 atom stereocenters. The van der Waals surface area contributed by atoms with Crippen LogP contribution in [0.5, 0.6) is 5.75 Å². The van der Waals surface area contributed by atoms with Crippen molar-refractivity contribution in [1.82, 2.24) is 19.9 Å². The van der Waals surface area contributed by atoms with E-state index in [0.29, 0.717) is 40.0 Å². The Hall–Kier alpha value is -3.46. The van der Waals surface area contributed by atoms with Crippen LogP contribution in [0.4, 0.5) is 24.3 Å². The molecule has 2 aromatic heterocycles. The van der Waals surface area contributed by atoms with Crippen molar-refractivity contribution in [3.63, 3.8) is 0 Å². The van der Waals surface area contributed by atoms with Gasteiger partial charge in [0.05, 0.1) is 33.4 Å². The number of likely N-dealkylation sites (N-methyl/N-ethyl adjacent to an activating group) is 1. The molecule has 4 N–H and O–H groups in total. The van der Waals surface area contributed by atoms with Gasteiger partial charge in [-0.25, -0.2) is 14.8 Å². The minimum Gasteiger partial charge on any atom is -0.676 e. The minimum absolute atomic E-state index is 0.120. The Kier molecular flexibility index (Phi) is 9.03. The molecule has 0 spiro atoms. The normalized spacial score (nSPS) is 11.4. The number of hydrogen-bond donors (Lipinski definition) is 3. The number of ether oxygens (including phenoxy) is 2. The van der Waals surface area contributed by atoms with Gasteiger partial charge in [-0.1, -0.05) is 11.3 Å². The summed E-state index contributed by atoms with van der Waals surface area (Å²) in [7, 11) is 3.63. The molecule has 4 rings (SSSR count). The number of carboxylic acids is 1. The highest BCUT2D eigenvalue weighted by atomic mass is 32.1. The van der Waals surface area contributed by atoms with E-state index in [-0.39, 0.29) is 11.3 Å². The second-order valence-electron chi connectivity index (χ2n) is 7.29. The van der Waals surface area contributed by atoms with Crippen LogP contribution >= 0.6 is 11.3 Å². The summed E-state index contributed by atoms with van der Waals surface area (Å²) < 4.78 is 48.2. The van der Waals surface area contributed by atoms with Crippen LogP contribution in [0.3, 0.4) is 0 Å². The Bertz CT molecular complexity index is 1320. The lowest BCUT2D eigenvalue weighted by Gasteiger charge is -2.07. The Morgan fingerprint density at radius 2 is 1.94 bits per heavy atom. The van der Waals surface area contributed by atoms with Crippen molar-refractivity contribution in [2.45, 2.75) is 6.36 Å². The van der Waals surface area contributed by atoms with Crippen molar-refractivity contribution in [1.29, 1.82) is 0 Å². The summed E-state index contributed by atoms with van der Waals surface area (Å²) in [6.07, 6.45) is -4.76. The molecule has 36 heavy (non-hydrogen) atoms. The van der Waals surface area contributed by atoms with E-state index in [1.807, 2.05) is 7.05 Å². The molecule has 0 aliphatic carbocycles. The number of nitrogens with zero attached hydrogens (tertiary/aromatic N) is 3. The fourth-order valence-electron chi connectivity index (χ4n) is 3.04. The molecule has 0 radical (unpaired) electrons. The average molecular weight is 526 g/mol. The van der Waals surface area contributed by atoms with Gasteiger partial charge in [0, 0.05) is 26.3 Å². The van der Waals surface area contributed by atoms with Crippen LogP contribution in [0.25, 0.3) is 27.0 Å². The molecule has 0 amide bonds. The van der Waals surface area contributed by atoms with Crippen LogP contribution in [0.1, 0.15) is 10.4 Å². The number of aryl methyl sites for hydroxylation is 1. The van der Waals surface area contributed by atoms with E-state index >= 15 is 0 Å². The number of thiazole rings is 1.